The maximum Gasteiger partial charge on any atom is 0.312 e. The summed E-state index contributed by atoms with van der Waals surface area (Å²) in [6.45, 7) is 1.75. The highest BCUT2D eigenvalue weighted by Gasteiger charge is 2.19. The van der Waals surface area contributed by atoms with Crippen molar-refractivity contribution in [2.45, 2.75) is 13.0 Å². The van der Waals surface area contributed by atoms with Crippen molar-refractivity contribution in [1.29, 1.82) is 0 Å². The Hall–Kier alpha value is -2.10. The average molecular weight is 314 g/mol. The van der Waals surface area contributed by atoms with E-state index in [1.54, 1.807) is 6.92 Å². The molecule has 2 N–H and O–H groups in total. The van der Waals surface area contributed by atoms with E-state index in [0.29, 0.717) is 10.3 Å². The van der Waals surface area contributed by atoms with E-state index in [0.717, 1.165) is 0 Å². The van der Waals surface area contributed by atoms with Gasteiger partial charge in [-0.15, -0.1) is 10.2 Å². The number of aromatic amines is 1. The van der Waals surface area contributed by atoms with Crippen LogP contribution in [0.5, 0.6) is 0 Å². The van der Waals surface area contributed by atoms with Gasteiger partial charge in [0.1, 0.15) is 0 Å². The van der Waals surface area contributed by atoms with Gasteiger partial charge in [0.05, 0.1) is 11.0 Å². The molecule has 18 heavy (non-hydrogen) atoms. The molecule has 1 unspecified atom stereocenters. The lowest BCUT2D eigenvalue weighted by atomic mass is 10.3. The molecular weight excluding hydrogens is 306 g/mol. The zero-order valence-electron chi connectivity index (χ0n) is 9.16. The molecule has 0 aromatic carbocycles. The predicted octanol–water partition coefficient (Wildman–Crippen LogP) is 1.44. The van der Waals surface area contributed by atoms with Crippen LogP contribution in [0.1, 0.15) is 18.8 Å². The Morgan fingerprint density at radius 2 is 2.39 bits per heavy atom. The largest absolute Gasteiger partial charge is 0.354 e. The van der Waals surface area contributed by atoms with E-state index >= 15 is 0 Å². The number of hydrogen-bond acceptors (Lipinski definition) is 7. The van der Waals surface area contributed by atoms with Crippen LogP contribution in [0.2, 0.25) is 0 Å². The van der Waals surface area contributed by atoms with E-state index in [2.05, 4.69) is 46.9 Å². The average Bonchev–Trinajstić information content (AvgIpc) is 2.84. The monoisotopic (exact) mass is 313 g/mol. The molecule has 0 aliphatic heterocycles. The molecule has 0 saturated heterocycles. The van der Waals surface area contributed by atoms with Crippen LogP contribution in [0.4, 0.5) is 11.5 Å². The number of pyridine rings is 1. The lowest BCUT2D eigenvalue weighted by Crippen LogP contribution is -2.11. The number of nitro groups is 1. The number of tetrazole rings is 1. The summed E-state index contributed by atoms with van der Waals surface area (Å²) in [5, 5.41) is 27.1. The minimum absolute atomic E-state index is 0.125. The van der Waals surface area contributed by atoms with Crippen molar-refractivity contribution < 1.29 is 4.92 Å². The summed E-state index contributed by atoms with van der Waals surface area (Å²) in [4.78, 5) is 14.3. The molecule has 2 heterocycles. The number of halogens is 1. The molecule has 0 aliphatic carbocycles. The molecule has 2 aromatic rings. The Bertz CT molecular complexity index is 559. The summed E-state index contributed by atoms with van der Waals surface area (Å²) in [7, 11) is 0. The topological polar surface area (TPSA) is 123 Å². The fourth-order valence-corrected chi connectivity index (χ4v) is 1.62. The Balaban J connectivity index is 2.26. The Morgan fingerprint density at radius 1 is 1.61 bits per heavy atom. The summed E-state index contributed by atoms with van der Waals surface area (Å²) < 4.78 is 0.534. The molecule has 2 rings (SSSR count). The quantitative estimate of drug-likeness (QED) is 0.646. The van der Waals surface area contributed by atoms with Crippen LogP contribution in [-0.2, 0) is 0 Å². The molecule has 1 atom stereocenters. The second-order valence-electron chi connectivity index (χ2n) is 3.41. The van der Waals surface area contributed by atoms with Crippen molar-refractivity contribution in [3.8, 4) is 0 Å². The van der Waals surface area contributed by atoms with Crippen LogP contribution in [0.15, 0.2) is 16.7 Å². The van der Waals surface area contributed by atoms with E-state index in [1.807, 2.05) is 0 Å². The summed E-state index contributed by atoms with van der Waals surface area (Å²) in [5.74, 6) is 0.550. The number of aromatic nitrogens is 5. The molecule has 2 aromatic heterocycles. The fraction of sp³-hybridized carbons (Fsp3) is 0.250. The number of nitrogens with zero attached hydrogens (tertiary/aromatic N) is 5. The van der Waals surface area contributed by atoms with Crippen molar-refractivity contribution in [2.24, 2.45) is 0 Å². The molecule has 0 spiro atoms. The zero-order chi connectivity index (χ0) is 13.1. The first kappa shape index (κ1) is 12.4. The highest BCUT2D eigenvalue weighted by molar-refractivity contribution is 9.10. The van der Waals surface area contributed by atoms with Gasteiger partial charge in [-0.3, -0.25) is 10.1 Å². The predicted molar refractivity (Wildman–Crippen MR) is 64.8 cm³/mol. The van der Waals surface area contributed by atoms with Gasteiger partial charge in [0.25, 0.3) is 0 Å². The third-order valence-electron chi connectivity index (χ3n) is 2.13. The highest BCUT2D eigenvalue weighted by Crippen LogP contribution is 2.27. The van der Waals surface area contributed by atoms with E-state index in [9.17, 15) is 10.1 Å². The third kappa shape index (κ3) is 2.59. The van der Waals surface area contributed by atoms with Gasteiger partial charge in [-0.25, -0.2) is 4.98 Å². The fourth-order valence-electron chi connectivity index (χ4n) is 1.30. The van der Waals surface area contributed by atoms with Gasteiger partial charge in [-0.1, -0.05) is 5.21 Å². The number of rotatable bonds is 4. The van der Waals surface area contributed by atoms with Crippen LogP contribution in [0.3, 0.4) is 0 Å². The second-order valence-corrected chi connectivity index (χ2v) is 4.33. The second kappa shape index (κ2) is 5.04. The molecule has 0 aliphatic rings. The first-order valence-corrected chi connectivity index (χ1v) is 5.67. The van der Waals surface area contributed by atoms with Gasteiger partial charge in [-0.2, -0.15) is 5.21 Å². The van der Waals surface area contributed by atoms with Crippen LogP contribution < -0.4 is 5.32 Å². The molecule has 0 fully saturated rings. The molecule has 0 radical (unpaired) electrons. The van der Waals surface area contributed by atoms with E-state index in [-0.39, 0.29) is 17.5 Å². The van der Waals surface area contributed by atoms with Crippen molar-refractivity contribution in [3.05, 3.63) is 32.7 Å². The highest BCUT2D eigenvalue weighted by atomic mass is 79.9. The first-order valence-electron chi connectivity index (χ1n) is 4.87. The summed E-state index contributed by atoms with van der Waals surface area (Å²) >= 11 is 3.14. The minimum Gasteiger partial charge on any atom is -0.354 e. The van der Waals surface area contributed by atoms with Crippen LogP contribution in [0.25, 0.3) is 0 Å². The minimum atomic E-state index is -0.511. The summed E-state index contributed by atoms with van der Waals surface area (Å²) in [6, 6.07) is 1.02. The lowest BCUT2D eigenvalue weighted by molar-refractivity contribution is -0.384. The Labute approximate surface area is 109 Å². The molecule has 94 valence electrons. The normalized spacial score (nSPS) is 12.1. The van der Waals surface area contributed by atoms with Crippen LogP contribution in [0, 0.1) is 10.1 Å². The summed E-state index contributed by atoms with van der Waals surface area (Å²) in [6.07, 6.45) is 1.47. The number of hydrogen-bond donors (Lipinski definition) is 2. The van der Waals surface area contributed by atoms with Gasteiger partial charge in [0, 0.05) is 16.7 Å². The van der Waals surface area contributed by atoms with Crippen molar-refractivity contribution >= 4 is 27.4 Å². The molecule has 0 amide bonds. The maximum absolute atomic E-state index is 10.9. The standard InChI is InChI=1S/C8H8BrN7O2/c1-4(7-12-14-15-13-7)11-8-6(16(17)18)2-5(9)3-10-8/h2-4H,1H3,(H,10,11)(H,12,13,14,15). The van der Waals surface area contributed by atoms with Gasteiger partial charge < -0.3 is 5.32 Å². The lowest BCUT2D eigenvalue weighted by Gasteiger charge is -2.10. The maximum atomic E-state index is 10.9. The van der Waals surface area contributed by atoms with Gasteiger partial charge in [-0.05, 0) is 22.9 Å². The van der Waals surface area contributed by atoms with E-state index < -0.39 is 4.92 Å². The first-order chi connectivity index (χ1) is 8.58. The third-order valence-corrected chi connectivity index (χ3v) is 2.57. The molecule has 0 bridgehead atoms. The molecule has 9 nitrogen and oxygen atoms in total. The Morgan fingerprint density at radius 3 is 3.00 bits per heavy atom. The SMILES string of the molecule is CC(Nc1ncc(Br)cc1[N+](=O)[O-])c1nn[nH]n1. The van der Waals surface area contributed by atoms with Gasteiger partial charge in [0.2, 0.25) is 5.82 Å². The van der Waals surface area contributed by atoms with Crippen molar-refractivity contribution in [2.75, 3.05) is 5.32 Å². The zero-order valence-corrected chi connectivity index (χ0v) is 10.7. The van der Waals surface area contributed by atoms with Gasteiger partial charge in [0.15, 0.2) is 5.82 Å². The van der Waals surface area contributed by atoms with Crippen molar-refractivity contribution in [1.82, 2.24) is 25.6 Å². The molecular formula is C8H8BrN7O2. The molecule has 0 saturated carbocycles. The van der Waals surface area contributed by atoms with Crippen LogP contribution >= 0.6 is 15.9 Å². The Kier molecular flexibility index (Phi) is 3.46. The number of anilines is 1. The van der Waals surface area contributed by atoms with Crippen LogP contribution in [-0.4, -0.2) is 30.5 Å². The smallest absolute Gasteiger partial charge is 0.312 e. The number of H-pyrrole nitrogens is 1. The van der Waals surface area contributed by atoms with E-state index in [4.69, 9.17) is 0 Å². The number of nitrogens with one attached hydrogen (secondary N) is 2. The summed E-state index contributed by atoms with van der Waals surface area (Å²) in [5.41, 5.74) is -0.125. The van der Waals surface area contributed by atoms with E-state index in [1.165, 1.54) is 12.3 Å². The van der Waals surface area contributed by atoms with Crippen molar-refractivity contribution in [3.63, 3.8) is 0 Å². The molecule has 10 heteroatoms. The van der Waals surface area contributed by atoms with Gasteiger partial charge >= 0.3 is 5.69 Å².